The van der Waals surface area contributed by atoms with Gasteiger partial charge in [-0.15, -0.1) is 0 Å². The van der Waals surface area contributed by atoms with E-state index in [0.29, 0.717) is 19.0 Å². The van der Waals surface area contributed by atoms with Gasteiger partial charge in [0.15, 0.2) is 0 Å². The molecule has 2 amide bonds. The average Bonchev–Trinajstić information content (AvgIpc) is 2.34. The van der Waals surface area contributed by atoms with Crippen molar-refractivity contribution in [2.24, 2.45) is 5.92 Å². The Morgan fingerprint density at radius 2 is 1.72 bits per heavy atom. The van der Waals surface area contributed by atoms with Crippen LogP contribution in [0, 0.1) is 5.92 Å². The Morgan fingerprint density at radius 1 is 1.11 bits per heavy atom. The molecule has 0 aromatic heterocycles. The Balaban J connectivity index is 2.53. The van der Waals surface area contributed by atoms with Crippen molar-refractivity contribution >= 4 is 24.4 Å². The van der Waals surface area contributed by atoms with Crippen LogP contribution in [0.3, 0.4) is 0 Å². The summed E-state index contributed by atoms with van der Waals surface area (Å²) in [6.45, 7) is 5.99. The lowest BCUT2D eigenvalue weighted by molar-refractivity contribution is -0.150. The van der Waals surface area contributed by atoms with Gasteiger partial charge in [-0.2, -0.15) is 12.6 Å². The molecule has 0 spiro atoms. The second-order valence-corrected chi connectivity index (χ2v) is 5.29. The van der Waals surface area contributed by atoms with Crippen LogP contribution in [0.4, 0.5) is 0 Å². The van der Waals surface area contributed by atoms with Crippen LogP contribution in [0.5, 0.6) is 0 Å². The van der Waals surface area contributed by atoms with Crippen LogP contribution in [0.1, 0.15) is 33.1 Å². The monoisotopic (exact) mass is 272 g/mol. The van der Waals surface area contributed by atoms with E-state index in [-0.39, 0.29) is 24.9 Å². The summed E-state index contributed by atoms with van der Waals surface area (Å²) < 4.78 is 0. The second kappa shape index (κ2) is 7.67. The first kappa shape index (κ1) is 15.3. The molecule has 1 atom stereocenters. The summed E-state index contributed by atoms with van der Waals surface area (Å²) >= 11 is 4.32. The number of piperazine rings is 1. The molecule has 5 heteroatoms. The van der Waals surface area contributed by atoms with E-state index in [9.17, 15) is 9.59 Å². The third-order valence-electron chi connectivity index (χ3n) is 3.28. The van der Waals surface area contributed by atoms with E-state index in [1.54, 1.807) is 9.80 Å². The zero-order valence-electron chi connectivity index (χ0n) is 11.4. The van der Waals surface area contributed by atoms with E-state index in [0.717, 1.165) is 25.0 Å². The SMILES string of the molecule is CCCC(CS)CN1CC(=O)N(CCC)CC1=O. The normalized spacial score (nSPS) is 18.4. The van der Waals surface area contributed by atoms with Gasteiger partial charge >= 0.3 is 0 Å². The number of amides is 2. The smallest absolute Gasteiger partial charge is 0.242 e. The minimum Gasteiger partial charge on any atom is -0.332 e. The van der Waals surface area contributed by atoms with E-state index < -0.39 is 0 Å². The maximum atomic E-state index is 12.0. The van der Waals surface area contributed by atoms with Crippen molar-refractivity contribution in [3.63, 3.8) is 0 Å². The van der Waals surface area contributed by atoms with Crippen molar-refractivity contribution in [2.45, 2.75) is 33.1 Å². The first-order valence-electron chi connectivity index (χ1n) is 6.78. The first-order chi connectivity index (χ1) is 8.62. The van der Waals surface area contributed by atoms with Gasteiger partial charge < -0.3 is 9.80 Å². The van der Waals surface area contributed by atoms with Crippen LogP contribution in [-0.2, 0) is 9.59 Å². The summed E-state index contributed by atoms with van der Waals surface area (Å²) in [7, 11) is 0. The van der Waals surface area contributed by atoms with E-state index in [2.05, 4.69) is 19.6 Å². The molecule has 0 aromatic carbocycles. The highest BCUT2D eigenvalue weighted by molar-refractivity contribution is 7.80. The highest BCUT2D eigenvalue weighted by Gasteiger charge is 2.30. The topological polar surface area (TPSA) is 40.6 Å². The van der Waals surface area contributed by atoms with Crippen LogP contribution in [0.25, 0.3) is 0 Å². The summed E-state index contributed by atoms with van der Waals surface area (Å²) in [5.74, 6) is 1.31. The lowest BCUT2D eigenvalue weighted by atomic mass is 10.0. The van der Waals surface area contributed by atoms with Crippen LogP contribution < -0.4 is 0 Å². The molecule has 1 saturated heterocycles. The van der Waals surface area contributed by atoms with Crippen molar-refractivity contribution in [3.05, 3.63) is 0 Å². The molecule has 1 unspecified atom stereocenters. The zero-order chi connectivity index (χ0) is 13.5. The number of rotatable bonds is 7. The van der Waals surface area contributed by atoms with Crippen molar-refractivity contribution in [1.29, 1.82) is 0 Å². The molecule has 0 aromatic rings. The summed E-state index contributed by atoms with van der Waals surface area (Å²) in [4.78, 5) is 27.2. The molecule has 0 radical (unpaired) electrons. The van der Waals surface area contributed by atoms with Gasteiger partial charge in [0, 0.05) is 13.1 Å². The molecule has 104 valence electrons. The predicted octanol–water partition coefficient (Wildman–Crippen LogP) is 1.41. The molecule has 4 nitrogen and oxygen atoms in total. The van der Waals surface area contributed by atoms with Gasteiger partial charge in [0.05, 0.1) is 13.1 Å². The molecule has 0 bridgehead atoms. The molecule has 18 heavy (non-hydrogen) atoms. The number of hydrogen-bond acceptors (Lipinski definition) is 3. The molecule has 1 fully saturated rings. The molecule has 0 aliphatic carbocycles. The van der Waals surface area contributed by atoms with Gasteiger partial charge in [-0.25, -0.2) is 0 Å². The molecule has 1 rings (SSSR count). The molecular formula is C13H24N2O2S. The fraction of sp³-hybridized carbons (Fsp3) is 0.846. The van der Waals surface area contributed by atoms with Gasteiger partial charge in [0.1, 0.15) is 0 Å². The fourth-order valence-electron chi connectivity index (χ4n) is 2.30. The molecule has 0 saturated carbocycles. The maximum Gasteiger partial charge on any atom is 0.242 e. The highest BCUT2D eigenvalue weighted by Crippen LogP contribution is 2.13. The third kappa shape index (κ3) is 4.19. The quantitative estimate of drug-likeness (QED) is 0.712. The van der Waals surface area contributed by atoms with E-state index in [1.165, 1.54) is 0 Å². The fourth-order valence-corrected chi connectivity index (χ4v) is 2.60. The van der Waals surface area contributed by atoms with E-state index in [1.807, 2.05) is 6.92 Å². The zero-order valence-corrected chi connectivity index (χ0v) is 12.3. The van der Waals surface area contributed by atoms with Gasteiger partial charge in [-0.1, -0.05) is 20.3 Å². The van der Waals surface area contributed by atoms with E-state index >= 15 is 0 Å². The number of nitrogens with zero attached hydrogens (tertiary/aromatic N) is 2. The molecule has 1 aliphatic rings. The Kier molecular flexibility index (Phi) is 6.54. The maximum absolute atomic E-state index is 12.0. The van der Waals surface area contributed by atoms with Crippen LogP contribution in [0.15, 0.2) is 0 Å². The van der Waals surface area contributed by atoms with Crippen molar-refractivity contribution in [1.82, 2.24) is 9.80 Å². The van der Waals surface area contributed by atoms with Gasteiger partial charge in [0.25, 0.3) is 0 Å². The Morgan fingerprint density at radius 3 is 2.28 bits per heavy atom. The lowest BCUT2D eigenvalue weighted by Crippen LogP contribution is -2.54. The van der Waals surface area contributed by atoms with Gasteiger partial charge in [0.2, 0.25) is 11.8 Å². The molecule has 1 aliphatic heterocycles. The van der Waals surface area contributed by atoms with Gasteiger partial charge in [-0.3, -0.25) is 9.59 Å². The summed E-state index contributed by atoms with van der Waals surface area (Å²) in [6, 6.07) is 0. The van der Waals surface area contributed by atoms with Crippen LogP contribution in [0.2, 0.25) is 0 Å². The minimum atomic E-state index is 0.0749. The molecule has 0 N–H and O–H groups in total. The van der Waals surface area contributed by atoms with Crippen molar-refractivity contribution < 1.29 is 9.59 Å². The molecular weight excluding hydrogens is 248 g/mol. The Hall–Kier alpha value is -0.710. The number of carbonyl (C=O) groups excluding carboxylic acids is 2. The summed E-state index contributed by atoms with van der Waals surface area (Å²) in [6.07, 6.45) is 3.04. The standard InChI is InChI=1S/C13H24N2O2S/c1-3-5-11(10-18)7-15-9-12(16)14(6-4-2)8-13(15)17/h11,18H,3-10H2,1-2H3. The lowest BCUT2D eigenvalue weighted by Gasteiger charge is -2.35. The predicted molar refractivity (Wildman–Crippen MR) is 75.7 cm³/mol. The minimum absolute atomic E-state index is 0.0749. The summed E-state index contributed by atoms with van der Waals surface area (Å²) in [5, 5.41) is 0. The number of carbonyl (C=O) groups is 2. The Bertz CT molecular complexity index is 297. The van der Waals surface area contributed by atoms with Crippen LogP contribution in [-0.4, -0.2) is 53.5 Å². The highest BCUT2D eigenvalue weighted by atomic mass is 32.1. The average molecular weight is 272 g/mol. The molecule has 1 heterocycles. The van der Waals surface area contributed by atoms with Crippen molar-refractivity contribution in [3.8, 4) is 0 Å². The number of thiol groups is 1. The first-order valence-corrected chi connectivity index (χ1v) is 7.42. The number of hydrogen-bond donors (Lipinski definition) is 1. The third-order valence-corrected chi connectivity index (χ3v) is 3.80. The van der Waals surface area contributed by atoms with E-state index in [4.69, 9.17) is 0 Å². The Labute approximate surface area is 115 Å². The largest absolute Gasteiger partial charge is 0.332 e. The van der Waals surface area contributed by atoms with Gasteiger partial charge in [-0.05, 0) is 24.5 Å². The summed E-state index contributed by atoms with van der Waals surface area (Å²) in [5.41, 5.74) is 0. The van der Waals surface area contributed by atoms with Crippen molar-refractivity contribution in [2.75, 3.05) is 31.9 Å². The second-order valence-electron chi connectivity index (χ2n) is 4.93. The van der Waals surface area contributed by atoms with Crippen LogP contribution >= 0.6 is 12.6 Å².